The molecule has 23 heavy (non-hydrogen) atoms. The lowest BCUT2D eigenvalue weighted by atomic mass is 9.95. The molecule has 0 aromatic heterocycles. The smallest absolute Gasteiger partial charge is 0.167 e. The Bertz CT molecular complexity index is 510. The van der Waals surface area contributed by atoms with Crippen molar-refractivity contribution < 1.29 is 4.79 Å². The summed E-state index contributed by atoms with van der Waals surface area (Å²) in [4.78, 5) is 12.3. The lowest BCUT2D eigenvalue weighted by Gasteiger charge is -2.23. The van der Waals surface area contributed by atoms with Crippen molar-refractivity contribution in [2.75, 3.05) is 18.4 Å². The van der Waals surface area contributed by atoms with E-state index in [9.17, 15) is 4.79 Å². The zero-order chi connectivity index (χ0) is 16.7. The number of ketones is 1. The van der Waals surface area contributed by atoms with Crippen LogP contribution in [0.5, 0.6) is 0 Å². The van der Waals surface area contributed by atoms with Gasteiger partial charge in [0.2, 0.25) is 0 Å². The molecule has 0 bridgehead atoms. The van der Waals surface area contributed by atoms with Gasteiger partial charge in [0.05, 0.1) is 0 Å². The molecule has 0 radical (unpaired) electrons. The van der Waals surface area contributed by atoms with Gasteiger partial charge in [-0.15, -0.1) is 0 Å². The summed E-state index contributed by atoms with van der Waals surface area (Å²) >= 11 is 6.08. The number of halogens is 1. The second-order valence-electron chi connectivity index (χ2n) is 6.78. The largest absolute Gasteiger partial charge is 0.384 e. The number of hydrogen-bond acceptors (Lipinski definition) is 3. The molecule has 3 nitrogen and oxygen atoms in total. The predicted octanol–water partition coefficient (Wildman–Crippen LogP) is 4.90. The highest BCUT2D eigenvalue weighted by atomic mass is 35.5. The molecule has 1 aliphatic rings. The van der Waals surface area contributed by atoms with Crippen molar-refractivity contribution in [1.82, 2.24) is 5.32 Å². The van der Waals surface area contributed by atoms with Crippen LogP contribution in [0.15, 0.2) is 18.2 Å². The van der Waals surface area contributed by atoms with Gasteiger partial charge in [0.1, 0.15) is 0 Å². The summed E-state index contributed by atoms with van der Waals surface area (Å²) in [5.74, 6) is 0.147. The van der Waals surface area contributed by atoms with Gasteiger partial charge in [0, 0.05) is 34.8 Å². The highest BCUT2D eigenvalue weighted by Crippen LogP contribution is 2.23. The molecule has 1 fully saturated rings. The Balaban J connectivity index is 1.80. The maximum absolute atomic E-state index is 12.3. The molecule has 1 saturated carbocycles. The second kappa shape index (κ2) is 9.29. The van der Waals surface area contributed by atoms with Gasteiger partial charge in [-0.3, -0.25) is 4.79 Å². The van der Waals surface area contributed by atoms with Gasteiger partial charge in [-0.2, -0.15) is 0 Å². The van der Waals surface area contributed by atoms with E-state index in [-0.39, 0.29) is 11.7 Å². The zero-order valence-corrected chi connectivity index (χ0v) is 15.1. The fourth-order valence-electron chi connectivity index (χ4n) is 3.11. The minimum absolute atomic E-state index is 0.00954. The Morgan fingerprint density at radius 3 is 2.65 bits per heavy atom. The van der Waals surface area contributed by atoms with Gasteiger partial charge in [0.25, 0.3) is 0 Å². The minimum Gasteiger partial charge on any atom is -0.384 e. The summed E-state index contributed by atoms with van der Waals surface area (Å²) in [5, 5.41) is 7.68. The van der Waals surface area contributed by atoms with Crippen LogP contribution in [-0.2, 0) is 0 Å². The summed E-state index contributed by atoms with van der Waals surface area (Å²) in [5.41, 5.74) is 1.60. The van der Waals surface area contributed by atoms with E-state index < -0.39 is 0 Å². The van der Waals surface area contributed by atoms with Gasteiger partial charge in [0.15, 0.2) is 5.78 Å². The first-order valence-corrected chi connectivity index (χ1v) is 9.26. The summed E-state index contributed by atoms with van der Waals surface area (Å²) in [6.45, 7) is 5.72. The second-order valence-corrected chi connectivity index (χ2v) is 7.21. The molecule has 2 N–H and O–H groups in total. The SMILES string of the molecule is CC(C)C(=O)c1ccc(Cl)cc1NCCCNC1CCCCC1. The third-order valence-corrected chi connectivity index (χ3v) is 4.71. The lowest BCUT2D eigenvalue weighted by Crippen LogP contribution is -2.32. The van der Waals surface area contributed by atoms with Crippen LogP contribution in [-0.4, -0.2) is 24.9 Å². The lowest BCUT2D eigenvalue weighted by molar-refractivity contribution is 0.0940. The number of carbonyl (C=O) groups is 1. The van der Waals surface area contributed by atoms with E-state index in [0.717, 1.165) is 30.8 Å². The van der Waals surface area contributed by atoms with E-state index in [1.807, 2.05) is 26.0 Å². The van der Waals surface area contributed by atoms with Crippen LogP contribution in [0, 0.1) is 5.92 Å². The number of carbonyl (C=O) groups excluding carboxylic acids is 1. The molecular formula is C19H29ClN2O. The number of benzene rings is 1. The molecule has 1 aromatic carbocycles. The Morgan fingerprint density at radius 2 is 1.96 bits per heavy atom. The molecule has 0 atom stereocenters. The molecule has 0 unspecified atom stereocenters. The fraction of sp³-hybridized carbons (Fsp3) is 0.632. The van der Waals surface area contributed by atoms with Crippen LogP contribution in [0.25, 0.3) is 0 Å². The monoisotopic (exact) mass is 336 g/mol. The van der Waals surface area contributed by atoms with Crippen LogP contribution in [0.2, 0.25) is 5.02 Å². The standard InChI is InChI=1S/C19H29ClN2O/c1-14(2)19(23)17-10-9-15(20)13-18(17)22-12-6-11-21-16-7-4-3-5-8-16/h9-10,13-14,16,21-22H,3-8,11-12H2,1-2H3. The normalized spacial score (nSPS) is 15.8. The summed E-state index contributed by atoms with van der Waals surface area (Å²) in [7, 11) is 0. The number of hydrogen-bond donors (Lipinski definition) is 2. The number of anilines is 1. The van der Waals surface area contributed by atoms with Gasteiger partial charge in [-0.05, 0) is 44.0 Å². The summed E-state index contributed by atoms with van der Waals surface area (Å²) in [6, 6.07) is 6.17. The molecule has 0 heterocycles. The first kappa shape index (κ1) is 18.3. The molecule has 1 aromatic rings. The van der Waals surface area contributed by atoms with Crippen LogP contribution >= 0.6 is 11.6 Å². The molecule has 4 heteroatoms. The van der Waals surface area contributed by atoms with E-state index in [2.05, 4.69) is 10.6 Å². The number of rotatable bonds is 8. The average Bonchev–Trinajstić information content (AvgIpc) is 2.55. The first-order valence-electron chi connectivity index (χ1n) is 8.89. The van der Waals surface area contributed by atoms with Crippen molar-refractivity contribution in [3.05, 3.63) is 28.8 Å². The maximum atomic E-state index is 12.3. The van der Waals surface area contributed by atoms with E-state index >= 15 is 0 Å². The zero-order valence-electron chi connectivity index (χ0n) is 14.3. The summed E-state index contributed by atoms with van der Waals surface area (Å²) in [6.07, 6.45) is 7.78. The van der Waals surface area contributed by atoms with Crippen molar-refractivity contribution in [1.29, 1.82) is 0 Å². The average molecular weight is 337 g/mol. The van der Waals surface area contributed by atoms with Gasteiger partial charge in [-0.1, -0.05) is 44.7 Å². The molecule has 2 rings (SSSR count). The van der Waals surface area contributed by atoms with Gasteiger partial charge >= 0.3 is 0 Å². The Hall–Kier alpha value is -1.06. The Morgan fingerprint density at radius 1 is 1.22 bits per heavy atom. The van der Waals surface area contributed by atoms with Crippen molar-refractivity contribution in [3.8, 4) is 0 Å². The molecule has 0 aliphatic heterocycles. The quantitative estimate of drug-likeness (QED) is 0.524. The predicted molar refractivity (Wildman–Crippen MR) is 98.6 cm³/mol. The highest BCUT2D eigenvalue weighted by Gasteiger charge is 2.15. The van der Waals surface area contributed by atoms with Gasteiger partial charge in [-0.25, -0.2) is 0 Å². The van der Waals surface area contributed by atoms with E-state index in [1.165, 1.54) is 32.1 Å². The topological polar surface area (TPSA) is 41.1 Å². The van der Waals surface area contributed by atoms with Crippen molar-refractivity contribution in [2.45, 2.75) is 58.4 Å². The van der Waals surface area contributed by atoms with Crippen LogP contribution in [0.4, 0.5) is 5.69 Å². The Labute approximate surface area is 145 Å². The molecule has 0 saturated heterocycles. The Kier molecular flexibility index (Phi) is 7.38. The maximum Gasteiger partial charge on any atom is 0.167 e. The van der Waals surface area contributed by atoms with Crippen LogP contribution in [0.1, 0.15) is 62.7 Å². The number of Topliss-reactive ketones (excluding diaryl/α,β-unsaturated/α-hetero) is 1. The van der Waals surface area contributed by atoms with E-state index in [0.29, 0.717) is 11.1 Å². The number of nitrogens with one attached hydrogen (secondary N) is 2. The van der Waals surface area contributed by atoms with Crippen LogP contribution in [0.3, 0.4) is 0 Å². The molecule has 128 valence electrons. The van der Waals surface area contributed by atoms with E-state index in [1.54, 1.807) is 6.07 Å². The molecule has 1 aliphatic carbocycles. The molecule has 0 spiro atoms. The first-order chi connectivity index (χ1) is 11.1. The minimum atomic E-state index is -0.00954. The van der Waals surface area contributed by atoms with Crippen molar-refractivity contribution >= 4 is 23.1 Å². The summed E-state index contributed by atoms with van der Waals surface area (Å²) < 4.78 is 0. The van der Waals surface area contributed by atoms with E-state index in [4.69, 9.17) is 11.6 Å². The third kappa shape index (κ3) is 5.82. The van der Waals surface area contributed by atoms with Crippen molar-refractivity contribution in [3.63, 3.8) is 0 Å². The highest BCUT2D eigenvalue weighted by molar-refractivity contribution is 6.31. The fourth-order valence-corrected chi connectivity index (χ4v) is 3.29. The third-order valence-electron chi connectivity index (χ3n) is 4.48. The molecular weight excluding hydrogens is 308 g/mol. The van der Waals surface area contributed by atoms with Gasteiger partial charge < -0.3 is 10.6 Å². The molecule has 0 amide bonds. The van der Waals surface area contributed by atoms with Crippen molar-refractivity contribution in [2.24, 2.45) is 5.92 Å². The van der Waals surface area contributed by atoms with Crippen LogP contribution < -0.4 is 10.6 Å².